The van der Waals surface area contributed by atoms with Gasteiger partial charge in [0.15, 0.2) is 0 Å². The Labute approximate surface area is 127 Å². The molecule has 0 unspecified atom stereocenters. The second-order valence-corrected chi connectivity index (χ2v) is 5.23. The van der Waals surface area contributed by atoms with Crippen LogP contribution in [-0.2, 0) is 17.1 Å². The Morgan fingerprint density at radius 3 is 1.91 bits per heavy atom. The first-order chi connectivity index (χ1) is 10.4. The molecule has 1 aromatic carbocycles. The van der Waals surface area contributed by atoms with Gasteiger partial charge in [0.2, 0.25) is 0 Å². The summed E-state index contributed by atoms with van der Waals surface area (Å²) in [4.78, 5) is 12.7. The predicted molar refractivity (Wildman–Crippen MR) is 67.5 cm³/mol. The summed E-state index contributed by atoms with van der Waals surface area (Å²) in [5, 5.41) is 0. The fourth-order valence-electron chi connectivity index (χ4n) is 2.53. The highest BCUT2D eigenvalue weighted by molar-refractivity contribution is 5.70. The molecular weight excluding hydrogens is 328 g/mol. The van der Waals surface area contributed by atoms with E-state index in [4.69, 9.17) is 4.74 Å². The average Bonchev–Trinajstić information content (AvgIpc) is 2.72. The van der Waals surface area contributed by atoms with Gasteiger partial charge in [-0.2, -0.15) is 26.3 Å². The number of amides is 1. The summed E-state index contributed by atoms with van der Waals surface area (Å²) in [6.07, 6.45) is -11.5. The van der Waals surface area contributed by atoms with Crippen LogP contribution >= 0.6 is 0 Å². The van der Waals surface area contributed by atoms with E-state index in [0.29, 0.717) is 18.6 Å². The Morgan fingerprint density at radius 1 is 1.04 bits per heavy atom. The predicted octanol–water partition coefficient (Wildman–Crippen LogP) is 4.63. The van der Waals surface area contributed by atoms with Gasteiger partial charge in [0.25, 0.3) is 0 Å². The first-order valence-electron chi connectivity index (χ1n) is 6.68. The van der Waals surface area contributed by atoms with E-state index in [0.717, 1.165) is 4.90 Å². The topological polar surface area (TPSA) is 29.5 Å². The molecule has 2 rings (SSSR count). The van der Waals surface area contributed by atoms with Crippen molar-refractivity contribution in [3.8, 4) is 0 Å². The lowest BCUT2D eigenvalue weighted by molar-refractivity contribution is -0.143. The molecule has 1 aliphatic rings. The zero-order valence-corrected chi connectivity index (χ0v) is 12.1. The van der Waals surface area contributed by atoms with Crippen molar-refractivity contribution < 1.29 is 35.9 Å². The second-order valence-electron chi connectivity index (χ2n) is 5.23. The van der Waals surface area contributed by atoms with Crippen LogP contribution in [0.25, 0.3) is 0 Å². The smallest absolute Gasteiger partial charge is 0.416 e. The Balaban J connectivity index is 2.56. The molecule has 1 amide bonds. The van der Waals surface area contributed by atoms with Gasteiger partial charge in [0.1, 0.15) is 6.10 Å². The highest BCUT2D eigenvalue weighted by Gasteiger charge is 2.42. The van der Waals surface area contributed by atoms with E-state index in [1.54, 1.807) is 6.92 Å². The molecule has 0 bridgehead atoms. The van der Waals surface area contributed by atoms with Crippen molar-refractivity contribution in [3.63, 3.8) is 0 Å². The molecule has 0 aliphatic carbocycles. The lowest BCUT2D eigenvalue weighted by Gasteiger charge is -2.22. The fourth-order valence-corrected chi connectivity index (χ4v) is 2.53. The van der Waals surface area contributed by atoms with Crippen molar-refractivity contribution in [1.82, 2.24) is 4.90 Å². The van der Waals surface area contributed by atoms with Crippen LogP contribution in [0.1, 0.15) is 36.1 Å². The molecule has 128 valence electrons. The van der Waals surface area contributed by atoms with Gasteiger partial charge in [-0.15, -0.1) is 0 Å². The van der Waals surface area contributed by atoms with E-state index in [2.05, 4.69) is 0 Å². The minimum Gasteiger partial charge on any atom is -0.439 e. The van der Waals surface area contributed by atoms with Gasteiger partial charge in [-0.05, 0) is 30.2 Å². The normalized spacial score (nSPS) is 22.4. The molecule has 1 saturated heterocycles. The molecule has 23 heavy (non-hydrogen) atoms. The van der Waals surface area contributed by atoms with Gasteiger partial charge >= 0.3 is 18.4 Å². The van der Waals surface area contributed by atoms with Crippen molar-refractivity contribution in [1.29, 1.82) is 0 Å². The van der Waals surface area contributed by atoms with Gasteiger partial charge in [0.05, 0.1) is 17.2 Å². The summed E-state index contributed by atoms with van der Waals surface area (Å²) in [6.45, 7) is 1.66. The summed E-state index contributed by atoms with van der Waals surface area (Å²) in [6, 6.07) is 0.599. The number of ether oxygens (including phenoxy) is 1. The summed E-state index contributed by atoms with van der Waals surface area (Å²) in [7, 11) is 1.38. The highest BCUT2D eigenvalue weighted by Crippen LogP contribution is 2.40. The SMILES string of the molecule is CC[C@@H]1[C@@H](c2cc(C(F)(F)F)cc(C(F)(F)F)c2)OC(=O)N1C. The molecule has 1 heterocycles. The third-order valence-corrected chi connectivity index (χ3v) is 3.72. The van der Waals surface area contributed by atoms with Crippen molar-refractivity contribution in [3.05, 3.63) is 34.9 Å². The largest absolute Gasteiger partial charge is 0.439 e. The van der Waals surface area contributed by atoms with Crippen LogP contribution in [0.3, 0.4) is 0 Å². The van der Waals surface area contributed by atoms with Crippen LogP contribution in [0.4, 0.5) is 31.1 Å². The monoisotopic (exact) mass is 341 g/mol. The van der Waals surface area contributed by atoms with Crippen molar-refractivity contribution >= 4 is 6.09 Å². The van der Waals surface area contributed by atoms with E-state index >= 15 is 0 Å². The second kappa shape index (κ2) is 5.61. The zero-order valence-electron chi connectivity index (χ0n) is 12.1. The molecule has 1 aliphatic heterocycles. The fraction of sp³-hybridized carbons (Fsp3) is 0.500. The van der Waals surface area contributed by atoms with Crippen LogP contribution in [0.2, 0.25) is 0 Å². The maximum absolute atomic E-state index is 12.9. The number of rotatable bonds is 2. The summed E-state index contributed by atoms with van der Waals surface area (Å²) in [5.41, 5.74) is -3.18. The summed E-state index contributed by atoms with van der Waals surface area (Å²) >= 11 is 0. The van der Waals surface area contributed by atoms with Crippen molar-refractivity contribution in [2.75, 3.05) is 7.05 Å². The van der Waals surface area contributed by atoms with Gasteiger partial charge in [-0.1, -0.05) is 6.92 Å². The van der Waals surface area contributed by atoms with Gasteiger partial charge in [-0.25, -0.2) is 4.79 Å². The number of hydrogen-bond donors (Lipinski definition) is 0. The number of carbonyl (C=O) groups excluding carboxylic acids is 1. The van der Waals surface area contributed by atoms with Crippen molar-refractivity contribution in [2.24, 2.45) is 0 Å². The number of benzene rings is 1. The average molecular weight is 341 g/mol. The Morgan fingerprint density at radius 2 is 1.52 bits per heavy atom. The standard InChI is InChI=1S/C14H13F6NO2/c1-3-10-11(23-12(22)21(10)2)7-4-8(13(15,16)17)6-9(5-7)14(18,19)20/h4-6,10-11H,3H2,1-2H3/t10-,11-/m1/s1. The van der Waals surface area contributed by atoms with Crippen LogP contribution in [-0.4, -0.2) is 24.1 Å². The molecule has 0 radical (unpaired) electrons. The first-order valence-corrected chi connectivity index (χ1v) is 6.68. The van der Waals surface area contributed by atoms with Crippen LogP contribution in [0, 0.1) is 0 Å². The molecule has 0 spiro atoms. The molecule has 0 N–H and O–H groups in total. The molecule has 0 aromatic heterocycles. The Hall–Kier alpha value is -1.93. The van der Waals surface area contributed by atoms with Crippen LogP contribution in [0.15, 0.2) is 18.2 Å². The molecular formula is C14H13F6NO2. The molecule has 2 atom stereocenters. The molecule has 9 heteroatoms. The zero-order chi connectivity index (χ0) is 17.6. The summed E-state index contributed by atoms with van der Waals surface area (Å²) in [5.74, 6) is 0. The maximum Gasteiger partial charge on any atom is 0.416 e. The van der Waals surface area contributed by atoms with Gasteiger partial charge in [0, 0.05) is 7.05 Å². The molecule has 0 saturated carbocycles. The lowest BCUT2D eigenvalue weighted by atomic mass is 9.96. The Bertz CT molecular complexity index is 578. The van der Waals surface area contributed by atoms with E-state index in [9.17, 15) is 31.1 Å². The van der Waals surface area contributed by atoms with Gasteiger partial charge < -0.3 is 9.64 Å². The Kier molecular flexibility index (Phi) is 4.25. The lowest BCUT2D eigenvalue weighted by Crippen LogP contribution is -2.29. The summed E-state index contributed by atoms with van der Waals surface area (Å²) < 4.78 is 82.2. The number of cyclic esters (lactones) is 1. The van der Waals surface area contributed by atoms with Crippen molar-refractivity contribution in [2.45, 2.75) is 37.8 Å². The third-order valence-electron chi connectivity index (χ3n) is 3.72. The van der Waals surface area contributed by atoms with Crippen LogP contribution < -0.4 is 0 Å². The van der Waals surface area contributed by atoms with Crippen LogP contribution in [0.5, 0.6) is 0 Å². The first kappa shape index (κ1) is 17.4. The third kappa shape index (κ3) is 3.37. The van der Waals surface area contributed by atoms with E-state index in [-0.39, 0.29) is 11.6 Å². The number of halogens is 6. The molecule has 1 fully saturated rings. The highest BCUT2D eigenvalue weighted by atomic mass is 19.4. The number of nitrogens with zero attached hydrogens (tertiary/aromatic N) is 1. The number of hydrogen-bond acceptors (Lipinski definition) is 2. The number of likely N-dealkylation sites (N-methyl/N-ethyl adjacent to an activating group) is 1. The van der Waals surface area contributed by atoms with E-state index in [1.807, 2.05) is 0 Å². The quantitative estimate of drug-likeness (QED) is 0.734. The number of carbonyl (C=O) groups is 1. The number of alkyl halides is 6. The van der Waals surface area contributed by atoms with E-state index < -0.39 is 41.7 Å². The van der Waals surface area contributed by atoms with E-state index in [1.165, 1.54) is 7.05 Å². The minimum absolute atomic E-state index is 0.0466. The van der Waals surface area contributed by atoms with Gasteiger partial charge in [-0.3, -0.25) is 0 Å². The minimum atomic E-state index is -4.94. The molecule has 3 nitrogen and oxygen atoms in total. The maximum atomic E-state index is 12.9. The molecule has 1 aromatic rings.